The molecule has 284 valence electrons. The second-order valence-electron chi connectivity index (χ2n) is 11.2. The minimum absolute atomic E-state index is 0. The molecule has 0 aliphatic carbocycles. The molecule has 51 heavy (non-hydrogen) atoms. The maximum absolute atomic E-state index is 6.41. The largest absolute Gasteiger partial charge is 0.522 e. The van der Waals surface area contributed by atoms with Crippen LogP contribution >= 0.6 is 7.26 Å². The number of benzene rings is 4. The smallest absolute Gasteiger partial charge is 0.143 e. The average Bonchev–Trinajstić information content (AvgIpc) is 3.15. The Morgan fingerprint density at radius 1 is 0.549 bits per heavy atom. The quantitative estimate of drug-likeness (QED) is 0.0417. The zero-order chi connectivity index (χ0) is 36.5. The summed E-state index contributed by atoms with van der Waals surface area (Å²) in [5.74, 6) is 4.51. The molecule has 0 N–H and O–H groups in total. The number of ether oxygens (including phenoxy) is 9. The third-order valence-corrected chi connectivity index (χ3v) is 8.09. The Morgan fingerprint density at radius 2 is 1.02 bits per heavy atom. The van der Waals surface area contributed by atoms with Crippen LogP contribution in [0.15, 0.2) is 84.9 Å². The van der Waals surface area contributed by atoms with Gasteiger partial charge >= 0.3 is 0 Å². The third kappa shape index (κ3) is 19.1. The summed E-state index contributed by atoms with van der Waals surface area (Å²) < 4.78 is 47.7. The summed E-state index contributed by atoms with van der Waals surface area (Å²) in [6.45, 7) is 10.5. The van der Waals surface area contributed by atoms with Crippen LogP contribution < -0.4 is 23.7 Å². The van der Waals surface area contributed by atoms with E-state index in [1.807, 2.05) is 72.8 Å². The summed E-state index contributed by atoms with van der Waals surface area (Å²) in [5.41, 5.74) is 2.09. The summed E-state index contributed by atoms with van der Waals surface area (Å²) in [7, 11) is 6.67. The first kappa shape index (κ1) is 45.5. The summed E-state index contributed by atoms with van der Waals surface area (Å²) in [4.78, 5) is 0. The topological polar surface area (TPSA) is 83.1 Å². The molecule has 0 aliphatic heterocycles. The first-order valence-electron chi connectivity index (χ1n) is 16.1. The number of para-hydroxylation sites is 1. The maximum Gasteiger partial charge on any atom is 0.143 e. The molecule has 0 saturated carbocycles. The number of methoxy groups -OCH3 is 5. The van der Waals surface area contributed by atoms with Gasteiger partial charge in [0.15, 0.2) is 0 Å². The van der Waals surface area contributed by atoms with Crippen molar-refractivity contribution in [2.24, 2.45) is 0 Å². The van der Waals surface area contributed by atoms with E-state index in [0.717, 1.165) is 22.7 Å². The van der Waals surface area contributed by atoms with Gasteiger partial charge in [-0.3, -0.25) is 0 Å². The first-order valence-corrected chi connectivity index (χ1v) is 19.2. The van der Waals surface area contributed by atoms with E-state index >= 15 is 0 Å². The van der Waals surface area contributed by atoms with Crippen molar-refractivity contribution in [2.75, 3.05) is 95.2 Å². The van der Waals surface area contributed by atoms with Crippen molar-refractivity contribution in [2.45, 2.75) is 6.61 Å². The van der Waals surface area contributed by atoms with Gasteiger partial charge in [-0.1, -0.05) is 23.8 Å². The van der Waals surface area contributed by atoms with E-state index in [-0.39, 0.29) is 16.5 Å². The molecule has 0 aromatic heterocycles. The van der Waals surface area contributed by atoms with Gasteiger partial charge in [0.2, 0.25) is 0 Å². The second kappa shape index (κ2) is 27.2. The van der Waals surface area contributed by atoms with E-state index in [1.54, 1.807) is 35.5 Å². The Balaban J connectivity index is 0.000000501. The Kier molecular flexibility index (Phi) is 24.3. The van der Waals surface area contributed by atoms with Crippen molar-refractivity contribution < 1.29 is 59.1 Å². The predicted octanol–water partition coefficient (Wildman–Crippen LogP) is 7.51. The van der Waals surface area contributed by atoms with Gasteiger partial charge in [0.05, 0.1) is 68.1 Å². The Hall–Kier alpha value is -3.49. The normalized spacial score (nSPS) is 10.3. The fourth-order valence-corrected chi connectivity index (χ4v) is 5.31. The number of rotatable bonds is 19. The molecule has 11 heteroatoms. The molecular weight excluding hydrogens is 714 g/mol. The van der Waals surface area contributed by atoms with Crippen LogP contribution in [-0.2, 0) is 42.0 Å². The molecule has 4 rings (SSSR count). The van der Waals surface area contributed by atoms with E-state index < -0.39 is 7.26 Å². The average molecular weight is 767 g/mol. The predicted molar refractivity (Wildman–Crippen MR) is 199 cm³/mol. The van der Waals surface area contributed by atoms with Crippen LogP contribution in [0.5, 0.6) is 28.7 Å². The number of hydrogen-bond acceptors (Lipinski definition) is 9. The van der Waals surface area contributed by atoms with Crippen molar-refractivity contribution in [1.82, 2.24) is 0 Å². The molecule has 0 aliphatic rings. The van der Waals surface area contributed by atoms with Crippen LogP contribution in [0.3, 0.4) is 0 Å². The van der Waals surface area contributed by atoms with Gasteiger partial charge in [-0.25, -0.2) is 0 Å². The first-order chi connectivity index (χ1) is 24.2. The van der Waals surface area contributed by atoms with E-state index in [4.69, 9.17) is 42.6 Å². The molecule has 9 nitrogen and oxygen atoms in total. The van der Waals surface area contributed by atoms with Crippen LogP contribution in [-0.4, -0.2) is 95.2 Å². The fourth-order valence-electron chi connectivity index (χ4n) is 4.02. The summed E-state index contributed by atoms with van der Waals surface area (Å²) in [5, 5.41) is 0. The summed E-state index contributed by atoms with van der Waals surface area (Å²) in [6.07, 6.45) is 0. The molecule has 4 aromatic carbocycles. The van der Waals surface area contributed by atoms with Gasteiger partial charge in [0, 0.05) is 86.2 Å². The van der Waals surface area contributed by atoms with Crippen molar-refractivity contribution >= 4 is 7.26 Å². The molecule has 0 bridgehead atoms. The molecular formula is C40H52NiO9P-3. The second-order valence-corrected chi connectivity index (χ2v) is 15.6. The Labute approximate surface area is 316 Å². The SMILES string of the molecule is COCCOCCOCCOCc1ccc[c-]c1O[C-](c1ccccc1)[P+](C)(C)C.COc1[c-]c(OC)ccc1.COc1[c-]c(OC)ccc1.[Ni]. The third-order valence-electron chi connectivity index (χ3n) is 6.52. The molecule has 0 atom stereocenters. The van der Waals surface area contributed by atoms with Gasteiger partial charge in [0.1, 0.15) is 5.85 Å². The van der Waals surface area contributed by atoms with Gasteiger partial charge in [0.25, 0.3) is 0 Å². The van der Waals surface area contributed by atoms with Crippen molar-refractivity contribution in [3.05, 3.63) is 120 Å². The van der Waals surface area contributed by atoms with E-state index in [2.05, 4.69) is 50.3 Å². The van der Waals surface area contributed by atoms with Crippen LogP contribution in [0.1, 0.15) is 11.1 Å². The molecule has 0 radical (unpaired) electrons. The molecule has 0 unspecified atom stereocenters. The zero-order valence-corrected chi connectivity index (χ0v) is 32.9. The monoisotopic (exact) mass is 765 g/mol. The molecule has 0 saturated heterocycles. The van der Waals surface area contributed by atoms with Gasteiger partial charge in [-0.2, -0.15) is 42.5 Å². The molecule has 0 spiro atoms. The van der Waals surface area contributed by atoms with Gasteiger partial charge in [-0.05, 0) is 0 Å². The van der Waals surface area contributed by atoms with Crippen molar-refractivity contribution in [1.29, 1.82) is 0 Å². The molecule has 0 fully saturated rings. The standard InChI is InChI=1S/C24H34O5P.2C8H9O2.Ni/c1-25-14-15-26-16-17-27-18-19-28-20-22-12-8-9-13-23(22)29-24(30(2,3)4)21-10-6-5-7-11-21;2*1-9-7-4-3-5-8(6-7)10-2;/h5-12H,14-20H2,1-4H3;2*3-5H,1-2H3;/q3*-1;. The molecule has 4 aromatic rings. The van der Waals surface area contributed by atoms with Crippen LogP contribution in [0, 0.1) is 24.0 Å². The summed E-state index contributed by atoms with van der Waals surface area (Å²) in [6, 6.07) is 36.1. The zero-order valence-electron chi connectivity index (χ0n) is 31.0. The van der Waals surface area contributed by atoms with Crippen LogP contribution in [0.25, 0.3) is 0 Å². The maximum atomic E-state index is 6.41. The fraction of sp³-hybridized carbons (Fsp3) is 0.375. The van der Waals surface area contributed by atoms with Crippen LogP contribution in [0.4, 0.5) is 0 Å². The van der Waals surface area contributed by atoms with Gasteiger partial charge < -0.3 is 42.6 Å². The van der Waals surface area contributed by atoms with Crippen molar-refractivity contribution in [3.63, 3.8) is 0 Å². The van der Waals surface area contributed by atoms with E-state index in [0.29, 0.717) is 69.2 Å². The molecule has 0 heterocycles. The van der Waals surface area contributed by atoms with Gasteiger partial charge in [-0.15, -0.1) is 48.0 Å². The minimum Gasteiger partial charge on any atom is -0.522 e. The Morgan fingerprint density at radius 3 is 1.47 bits per heavy atom. The van der Waals surface area contributed by atoms with Crippen molar-refractivity contribution in [3.8, 4) is 28.7 Å². The number of hydrogen-bond donors (Lipinski definition) is 0. The minimum atomic E-state index is -1.39. The molecule has 0 amide bonds. The van der Waals surface area contributed by atoms with E-state index in [1.165, 1.54) is 0 Å². The Bertz CT molecular complexity index is 1350. The summed E-state index contributed by atoms with van der Waals surface area (Å²) >= 11 is 0. The van der Waals surface area contributed by atoms with Crippen LogP contribution in [0.2, 0.25) is 0 Å². The van der Waals surface area contributed by atoms with E-state index in [9.17, 15) is 0 Å².